The Kier molecular flexibility index (Phi) is 4.71. The van der Waals surface area contributed by atoms with E-state index in [2.05, 4.69) is 12.1 Å². The normalized spacial score (nSPS) is 16.5. The molecule has 2 aromatic carbocycles. The molecular weight excluding hydrogens is 310 g/mol. The maximum atomic E-state index is 12.5. The van der Waals surface area contributed by atoms with Crippen molar-refractivity contribution in [2.75, 3.05) is 6.54 Å². The highest BCUT2D eigenvalue weighted by molar-refractivity contribution is 8.26. The van der Waals surface area contributed by atoms with Gasteiger partial charge < -0.3 is 0 Å². The number of carbonyl (C=O) groups is 1. The van der Waals surface area contributed by atoms with Crippen LogP contribution in [0.4, 0.5) is 0 Å². The van der Waals surface area contributed by atoms with Crippen molar-refractivity contribution in [1.29, 1.82) is 0 Å². The number of hydrogen-bond acceptors (Lipinski definition) is 3. The molecule has 110 valence electrons. The Morgan fingerprint density at radius 1 is 1.00 bits per heavy atom. The van der Waals surface area contributed by atoms with Crippen molar-refractivity contribution >= 4 is 40.3 Å². The molecule has 0 atom stereocenters. The first-order chi connectivity index (χ1) is 10.7. The van der Waals surface area contributed by atoms with Gasteiger partial charge in [0.2, 0.25) is 0 Å². The van der Waals surface area contributed by atoms with Gasteiger partial charge in [0, 0.05) is 6.54 Å². The summed E-state index contributed by atoms with van der Waals surface area (Å²) in [6.07, 6.45) is 2.72. The lowest BCUT2D eigenvalue weighted by Crippen LogP contribution is -2.30. The van der Waals surface area contributed by atoms with Gasteiger partial charge in [0.05, 0.1) is 4.91 Å². The van der Waals surface area contributed by atoms with Crippen molar-refractivity contribution in [1.82, 2.24) is 4.90 Å². The molecule has 1 heterocycles. The summed E-state index contributed by atoms with van der Waals surface area (Å²) < 4.78 is 0.642. The lowest BCUT2D eigenvalue weighted by molar-refractivity contribution is -0.122. The number of amides is 1. The fourth-order valence-corrected chi connectivity index (χ4v) is 3.59. The topological polar surface area (TPSA) is 20.3 Å². The second-order valence-corrected chi connectivity index (χ2v) is 6.66. The van der Waals surface area contributed by atoms with Crippen LogP contribution >= 0.6 is 24.0 Å². The predicted molar refractivity (Wildman–Crippen MR) is 96.5 cm³/mol. The van der Waals surface area contributed by atoms with Gasteiger partial charge >= 0.3 is 0 Å². The molecule has 0 aromatic heterocycles. The number of carbonyl (C=O) groups excluding carboxylic acids is 1. The minimum Gasteiger partial charge on any atom is -0.293 e. The predicted octanol–water partition coefficient (Wildman–Crippen LogP) is 4.13. The van der Waals surface area contributed by atoms with E-state index in [4.69, 9.17) is 12.2 Å². The van der Waals surface area contributed by atoms with Crippen molar-refractivity contribution in [3.63, 3.8) is 0 Å². The van der Waals surface area contributed by atoms with E-state index in [0.717, 1.165) is 12.0 Å². The van der Waals surface area contributed by atoms with Crippen molar-refractivity contribution < 1.29 is 4.79 Å². The third kappa shape index (κ3) is 3.46. The zero-order valence-corrected chi connectivity index (χ0v) is 13.6. The number of thiocarbonyl (C=S) groups is 1. The molecule has 1 amide bonds. The van der Waals surface area contributed by atoms with Crippen molar-refractivity contribution in [2.45, 2.75) is 6.42 Å². The zero-order chi connectivity index (χ0) is 15.4. The number of thioether (sulfide) groups is 1. The van der Waals surface area contributed by atoms with E-state index < -0.39 is 0 Å². The molecule has 1 aliphatic rings. The third-order valence-electron chi connectivity index (χ3n) is 3.44. The number of hydrogen-bond donors (Lipinski definition) is 0. The van der Waals surface area contributed by atoms with E-state index >= 15 is 0 Å². The maximum absolute atomic E-state index is 12.5. The summed E-state index contributed by atoms with van der Waals surface area (Å²) in [5.41, 5.74) is 2.23. The molecule has 4 heteroatoms. The molecule has 2 aromatic rings. The van der Waals surface area contributed by atoms with E-state index in [0.29, 0.717) is 15.8 Å². The van der Waals surface area contributed by atoms with Gasteiger partial charge in [-0.1, -0.05) is 84.6 Å². The Balaban J connectivity index is 1.71. The van der Waals surface area contributed by atoms with E-state index in [9.17, 15) is 4.79 Å². The molecule has 1 fully saturated rings. The van der Waals surface area contributed by atoms with E-state index in [-0.39, 0.29) is 5.91 Å². The Labute approximate surface area is 139 Å². The van der Waals surface area contributed by atoms with Crippen molar-refractivity contribution in [3.8, 4) is 0 Å². The summed E-state index contributed by atoms with van der Waals surface area (Å²) in [4.78, 5) is 14.9. The van der Waals surface area contributed by atoms with Gasteiger partial charge in [0.25, 0.3) is 5.91 Å². The van der Waals surface area contributed by atoms with E-state index in [1.54, 1.807) is 4.90 Å². The molecule has 0 N–H and O–H groups in total. The van der Waals surface area contributed by atoms with Gasteiger partial charge in [-0.2, -0.15) is 0 Å². The van der Waals surface area contributed by atoms with Crippen LogP contribution in [0.1, 0.15) is 11.1 Å². The van der Waals surface area contributed by atoms with Crippen LogP contribution in [0.3, 0.4) is 0 Å². The summed E-state index contributed by atoms with van der Waals surface area (Å²) >= 11 is 6.73. The molecule has 2 nitrogen and oxygen atoms in total. The first-order valence-corrected chi connectivity index (χ1v) is 8.31. The minimum atomic E-state index is 0.00906. The van der Waals surface area contributed by atoms with Gasteiger partial charge in [0.1, 0.15) is 4.32 Å². The molecule has 0 saturated carbocycles. The highest BCUT2D eigenvalue weighted by Gasteiger charge is 2.31. The molecular formula is C18H15NOS2. The average molecular weight is 325 g/mol. The monoisotopic (exact) mass is 325 g/mol. The lowest BCUT2D eigenvalue weighted by atomic mass is 10.1. The summed E-state index contributed by atoms with van der Waals surface area (Å²) in [5.74, 6) is 0.00906. The van der Waals surface area contributed by atoms with Gasteiger partial charge in [-0.15, -0.1) is 0 Å². The smallest absolute Gasteiger partial charge is 0.266 e. The van der Waals surface area contributed by atoms with Crippen molar-refractivity contribution in [2.24, 2.45) is 0 Å². The van der Waals surface area contributed by atoms with Crippen LogP contribution in [-0.4, -0.2) is 21.7 Å². The molecule has 3 rings (SSSR count). The molecule has 0 aliphatic carbocycles. The summed E-state index contributed by atoms with van der Waals surface area (Å²) in [7, 11) is 0. The average Bonchev–Trinajstić information content (AvgIpc) is 2.81. The quantitative estimate of drug-likeness (QED) is 0.623. The first-order valence-electron chi connectivity index (χ1n) is 7.08. The molecule has 1 saturated heterocycles. The fourth-order valence-electron chi connectivity index (χ4n) is 2.28. The number of nitrogens with zero attached hydrogens (tertiary/aromatic N) is 1. The maximum Gasteiger partial charge on any atom is 0.266 e. The van der Waals surface area contributed by atoms with Gasteiger partial charge in [-0.05, 0) is 23.6 Å². The Morgan fingerprint density at radius 3 is 2.32 bits per heavy atom. The third-order valence-corrected chi connectivity index (χ3v) is 4.82. The van der Waals surface area contributed by atoms with Crippen LogP contribution in [-0.2, 0) is 11.2 Å². The van der Waals surface area contributed by atoms with E-state index in [1.165, 1.54) is 17.3 Å². The molecule has 0 radical (unpaired) electrons. The standard InChI is InChI=1S/C18H15NOS2/c20-17-16(13-15-9-5-2-6-10-15)22-18(21)19(17)12-11-14-7-3-1-4-8-14/h1-10,13H,11-12H2/b16-13-. The zero-order valence-electron chi connectivity index (χ0n) is 11.9. The highest BCUT2D eigenvalue weighted by atomic mass is 32.2. The SMILES string of the molecule is O=C1/C(=C/c2ccccc2)SC(=S)N1CCc1ccccc1. The molecule has 22 heavy (non-hydrogen) atoms. The second-order valence-electron chi connectivity index (χ2n) is 4.98. The lowest BCUT2D eigenvalue weighted by Gasteiger charge is -2.14. The van der Waals surface area contributed by atoms with Gasteiger partial charge in [-0.3, -0.25) is 9.69 Å². The summed E-state index contributed by atoms with van der Waals surface area (Å²) in [5, 5.41) is 0. The van der Waals surface area contributed by atoms with Crippen LogP contribution < -0.4 is 0 Å². The minimum absolute atomic E-state index is 0.00906. The van der Waals surface area contributed by atoms with Gasteiger partial charge in [-0.25, -0.2) is 0 Å². The van der Waals surface area contributed by atoms with Crippen LogP contribution in [0.5, 0.6) is 0 Å². The van der Waals surface area contributed by atoms with Crippen LogP contribution in [0.25, 0.3) is 6.08 Å². The van der Waals surface area contributed by atoms with Crippen molar-refractivity contribution in [3.05, 3.63) is 76.7 Å². The van der Waals surface area contributed by atoms with Gasteiger partial charge in [0.15, 0.2) is 0 Å². The highest BCUT2D eigenvalue weighted by Crippen LogP contribution is 2.32. The molecule has 0 unspecified atom stereocenters. The summed E-state index contributed by atoms with van der Waals surface area (Å²) in [6, 6.07) is 20.0. The Bertz CT molecular complexity index is 710. The largest absolute Gasteiger partial charge is 0.293 e. The number of rotatable bonds is 4. The van der Waals surface area contributed by atoms with Crippen LogP contribution in [0.15, 0.2) is 65.6 Å². The molecule has 0 spiro atoms. The Hall–Kier alpha value is -1.91. The molecule has 0 bridgehead atoms. The number of benzene rings is 2. The fraction of sp³-hybridized carbons (Fsp3) is 0.111. The second kappa shape index (κ2) is 6.90. The van der Waals surface area contributed by atoms with Crippen LogP contribution in [0, 0.1) is 0 Å². The first kappa shape index (κ1) is 15.0. The Morgan fingerprint density at radius 2 is 1.64 bits per heavy atom. The van der Waals surface area contributed by atoms with E-state index in [1.807, 2.05) is 54.6 Å². The molecule has 1 aliphatic heterocycles. The summed E-state index contributed by atoms with van der Waals surface area (Å²) in [6.45, 7) is 0.626. The van der Waals surface area contributed by atoms with Crippen LogP contribution in [0.2, 0.25) is 0 Å².